The van der Waals surface area contributed by atoms with E-state index in [1.54, 1.807) is 0 Å². The van der Waals surface area contributed by atoms with E-state index in [1.165, 1.54) is 0 Å². The highest BCUT2D eigenvalue weighted by Crippen LogP contribution is 2.05. The fourth-order valence-corrected chi connectivity index (χ4v) is 1.77. The Kier molecular flexibility index (Phi) is 7.26. The maximum atomic E-state index is 12.0. The van der Waals surface area contributed by atoms with E-state index in [2.05, 4.69) is 36.4 Å². The van der Waals surface area contributed by atoms with Crippen molar-refractivity contribution >= 4 is 11.6 Å². The first-order chi connectivity index (χ1) is 9.50. The van der Waals surface area contributed by atoms with Crippen molar-refractivity contribution in [1.82, 2.24) is 10.2 Å². The number of hydrogen-bond donors (Lipinski definition) is 2. The molecule has 112 valence electrons. The molecule has 1 unspecified atom stereocenters. The molecule has 0 aromatic heterocycles. The van der Waals surface area contributed by atoms with Crippen LogP contribution in [-0.4, -0.2) is 43.0 Å². The smallest absolute Gasteiger partial charge is 0.241 e. The molecule has 0 spiro atoms. The molecule has 1 amide bonds. The third-order valence-corrected chi connectivity index (χ3v) is 3.45. The molecule has 0 radical (unpaired) electrons. The van der Waals surface area contributed by atoms with Crippen LogP contribution in [0.2, 0.25) is 0 Å². The molecule has 1 aromatic carbocycles. The van der Waals surface area contributed by atoms with Crippen molar-refractivity contribution in [2.45, 2.75) is 39.3 Å². The predicted octanol–water partition coefficient (Wildman–Crippen LogP) is 2.33. The van der Waals surface area contributed by atoms with Gasteiger partial charge in [0.2, 0.25) is 5.91 Å². The molecular weight excluding hydrogens is 250 g/mol. The lowest BCUT2D eigenvalue weighted by atomic mass is 10.2. The van der Waals surface area contributed by atoms with Gasteiger partial charge in [0.25, 0.3) is 0 Å². The van der Waals surface area contributed by atoms with Crippen LogP contribution in [0.1, 0.15) is 27.2 Å². The molecule has 2 N–H and O–H groups in total. The summed E-state index contributed by atoms with van der Waals surface area (Å²) < 4.78 is 0. The molecule has 4 heteroatoms. The Hall–Kier alpha value is -1.39. The van der Waals surface area contributed by atoms with Crippen LogP contribution in [0.15, 0.2) is 30.3 Å². The lowest BCUT2D eigenvalue weighted by Crippen LogP contribution is -2.39. The monoisotopic (exact) mass is 277 g/mol. The fraction of sp³-hybridized carbons (Fsp3) is 0.562. The number of para-hydroxylation sites is 1. The van der Waals surface area contributed by atoms with Gasteiger partial charge in [0.1, 0.15) is 0 Å². The number of carbonyl (C=O) groups excluding carboxylic acids is 1. The Morgan fingerprint density at radius 1 is 1.20 bits per heavy atom. The molecule has 0 aliphatic carbocycles. The van der Waals surface area contributed by atoms with Gasteiger partial charge in [0, 0.05) is 11.7 Å². The van der Waals surface area contributed by atoms with Gasteiger partial charge in [-0.1, -0.05) is 18.2 Å². The third-order valence-electron chi connectivity index (χ3n) is 3.45. The quantitative estimate of drug-likeness (QED) is 0.717. The first-order valence-electron chi connectivity index (χ1n) is 7.30. The highest BCUT2D eigenvalue weighted by molar-refractivity contribution is 5.94. The Bertz CT molecular complexity index is 392. The summed E-state index contributed by atoms with van der Waals surface area (Å²) in [6.45, 7) is 8.15. The molecule has 0 aliphatic rings. The van der Waals surface area contributed by atoms with Gasteiger partial charge in [0.05, 0.1) is 6.04 Å². The van der Waals surface area contributed by atoms with Crippen molar-refractivity contribution in [1.29, 1.82) is 0 Å². The molecule has 1 atom stereocenters. The number of anilines is 1. The van der Waals surface area contributed by atoms with Crippen LogP contribution in [-0.2, 0) is 4.79 Å². The van der Waals surface area contributed by atoms with Gasteiger partial charge in [-0.2, -0.15) is 0 Å². The normalized spacial score (nSPS) is 12.7. The minimum atomic E-state index is -0.181. The van der Waals surface area contributed by atoms with Crippen LogP contribution in [0.25, 0.3) is 0 Å². The Balaban J connectivity index is 2.22. The zero-order valence-corrected chi connectivity index (χ0v) is 13.0. The molecule has 0 aliphatic heterocycles. The Morgan fingerprint density at radius 3 is 2.45 bits per heavy atom. The molecular formula is C16H27N3O. The van der Waals surface area contributed by atoms with Crippen LogP contribution in [0.5, 0.6) is 0 Å². The maximum Gasteiger partial charge on any atom is 0.241 e. The van der Waals surface area contributed by atoms with E-state index in [0.717, 1.165) is 25.2 Å². The first-order valence-corrected chi connectivity index (χ1v) is 7.30. The number of nitrogens with zero attached hydrogens (tertiary/aromatic N) is 1. The zero-order valence-electron chi connectivity index (χ0n) is 13.0. The maximum absolute atomic E-state index is 12.0. The first kappa shape index (κ1) is 16.7. The van der Waals surface area contributed by atoms with E-state index < -0.39 is 0 Å². The summed E-state index contributed by atoms with van der Waals surface area (Å²) in [6, 6.07) is 9.92. The number of amides is 1. The minimum Gasteiger partial charge on any atom is -0.325 e. The summed E-state index contributed by atoms with van der Waals surface area (Å²) in [6.07, 6.45) is 1.04. The predicted molar refractivity (Wildman–Crippen MR) is 84.9 cm³/mol. The molecule has 0 saturated heterocycles. The SMILES string of the molecule is CC(NCCCN(C)C(C)C)C(=O)Nc1ccccc1. The second-order valence-electron chi connectivity index (χ2n) is 5.46. The molecule has 1 aromatic rings. The van der Waals surface area contributed by atoms with Gasteiger partial charge in [-0.05, 0) is 59.5 Å². The van der Waals surface area contributed by atoms with Crippen molar-refractivity contribution in [3.63, 3.8) is 0 Å². The van der Waals surface area contributed by atoms with E-state index in [9.17, 15) is 4.79 Å². The number of nitrogens with one attached hydrogen (secondary N) is 2. The van der Waals surface area contributed by atoms with Crippen LogP contribution in [0, 0.1) is 0 Å². The van der Waals surface area contributed by atoms with Gasteiger partial charge < -0.3 is 15.5 Å². The van der Waals surface area contributed by atoms with Gasteiger partial charge >= 0.3 is 0 Å². The summed E-state index contributed by atoms with van der Waals surface area (Å²) in [5.74, 6) is 0.00779. The summed E-state index contributed by atoms with van der Waals surface area (Å²) in [4.78, 5) is 14.3. The van der Waals surface area contributed by atoms with Crippen molar-refractivity contribution in [3.8, 4) is 0 Å². The molecule has 20 heavy (non-hydrogen) atoms. The average Bonchev–Trinajstić information content (AvgIpc) is 2.43. The van der Waals surface area contributed by atoms with E-state index in [1.807, 2.05) is 37.3 Å². The minimum absolute atomic E-state index is 0.00779. The van der Waals surface area contributed by atoms with Crippen molar-refractivity contribution in [3.05, 3.63) is 30.3 Å². The Morgan fingerprint density at radius 2 is 1.85 bits per heavy atom. The van der Waals surface area contributed by atoms with Gasteiger partial charge in [-0.3, -0.25) is 4.79 Å². The van der Waals surface area contributed by atoms with E-state index in [4.69, 9.17) is 0 Å². The van der Waals surface area contributed by atoms with Crippen LogP contribution < -0.4 is 10.6 Å². The van der Waals surface area contributed by atoms with E-state index in [0.29, 0.717) is 6.04 Å². The standard InChI is InChI=1S/C16H27N3O/c1-13(2)19(4)12-8-11-17-14(3)16(20)18-15-9-6-5-7-10-15/h5-7,9-10,13-14,17H,8,11-12H2,1-4H3,(H,18,20). The summed E-state index contributed by atoms with van der Waals surface area (Å²) >= 11 is 0. The molecule has 1 rings (SSSR count). The lowest BCUT2D eigenvalue weighted by molar-refractivity contribution is -0.117. The van der Waals surface area contributed by atoms with Gasteiger partial charge in [-0.15, -0.1) is 0 Å². The van der Waals surface area contributed by atoms with E-state index in [-0.39, 0.29) is 11.9 Å². The number of carbonyl (C=O) groups is 1. The summed E-state index contributed by atoms with van der Waals surface area (Å²) in [5, 5.41) is 6.16. The van der Waals surface area contributed by atoms with Crippen molar-refractivity contribution in [2.24, 2.45) is 0 Å². The van der Waals surface area contributed by atoms with Gasteiger partial charge in [-0.25, -0.2) is 0 Å². The number of rotatable bonds is 8. The topological polar surface area (TPSA) is 44.4 Å². The van der Waals surface area contributed by atoms with Crippen LogP contribution >= 0.6 is 0 Å². The lowest BCUT2D eigenvalue weighted by Gasteiger charge is -2.21. The molecule has 4 nitrogen and oxygen atoms in total. The molecule has 0 heterocycles. The summed E-state index contributed by atoms with van der Waals surface area (Å²) in [7, 11) is 2.12. The Labute approximate surface area is 122 Å². The highest BCUT2D eigenvalue weighted by Gasteiger charge is 2.12. The second-order valence-corrected chi connectivity index (χ2v) is 5.46. The zero-order chi connectivity index (χ0) is 15.0. The summed E-state index contributed by atoms with van der Waals surface area (Å²) in [5.41, 5.74) is 0.839. The highest BCUT2D eigenvalue weighted by atomic mass is 16.2. The van der Waals surface area contributed by atoms with Gasteiger partial charge in [0.15, 0.2) is 0 Å². The number of hydrogen-bond acceptors (Lipinski definition) is 3. The fourth-order valence-electron chi connectivity index (χ4n) is 1.77. The second kappa shape index (κ2) is 8.72. The molecule has 0 fully saturated rings. The van der Waals surface area contributed by atoms with Crippen molar-refractivity contribution < 1.29 is 4.79 Å². The van der Waals surface area contributed by atoms with Crippen LogP contribution in [0.4, 0.5) is 5.69 Å². The van der Waals surface area contributed by atoms with Crippen molar-refractivity contribution in [2.75, 3.05) is 25.5 Å². The molecule has 0 bridgehead atoms. The third kappa shape index (κ3) is 6.17. The number of benzene rings is 1. The largest absolute Gasteiger partial charge is 0.325 e. The van der Waals surface area contributed by atoms with Crippen LogP contribution in [0.3, 0.4) is 0 Å². The average molecular weight is 277 g/mol. The van der Waals surface area contributed by atoms with E-state index >= 15 is 0 Å². The molecule has 0 saturated carbocycles.